The second-order valence-electron chi connectivity index (χ2n) is 4.57. The first kappa shape index (κ1) is 11.4. The van der Waals surface area contributed by atoms with Gasteiger partial charge in [-0.15, -0.1) is 0 Å². The molecule has 1 N–H and O–H groups in total. The summed E-state index contributed by atoms with van der Waals surface area (Å²) in [7, 11) is 1.78. The second-order valence-corrected chi connectivity index (χ2v) is 4.57. The molecule has 2 heterocycles. The Morgan fingerprint density at radius 1 is 1.31 bits per heavy atom. The molecule has 2 fully saturated rings. The van der Waals surface area contributed by atoms with Crippen molar-refractivity contribution in [3.05, 3.63) is 0 Å². The molecule has 2 saturated heterocycles. The summed E-state index contributed by atoms with van der Waals surface area (Å²) in [6.07, 6.45) is 3.03. The molecule has 0 aliphatic carbocycles. The highest BCUT2D eigenvalue weighted by Crippen LogP contribution is 2.23. The highest BCUT2D eigenvalue weighted by atomic mass is 16.2. The van der Waals surface area contributed by atoms with Crippen LogP contribution >= 0.6 is 0 Å². The first-order valence-corrected chi connectivity index (χ1v) is 5.95. The Morgan fingerprint density at radius 2 is 2.06 bits per heavy atom. The number of carbonyl (C=O) groups is 2. The zero-order valence-corrected chi connectivity index (χ0v) is 9.90. The van der Waals surface area contributed by atoms with Gasteiger partial charge in [0.15, 0.2) is 0 Å². The number of amides is 2. The molecule has 0 radical (unpaired) electrons. The van der Waals surface area contributed by atoms with Gasteiger partial charge in [0.1, 0.15) is 0 Å². The molecule has 2 amide bonds. The number of likely N-dealkylation sites (N-methyl/N-ethyl adjacent to an activating group) is 1. The van der Waals surface area contributed by atoms with Crippen molar-refractivity contribution in [3.8, 4) is 0 Å². The van der Waals surface area contributed by atoms with E-state index in [-0.39, 0.29) is 23.9 Å². The third-order valence-electron chi connectivity index (χ3n) is 3.48. The van der Waals surface area contributed by atoms with Crippen molar-refractivity contribution in [1.82, 2.24) is 15.3 Å². The van der Waals surface area contributed by atoms with E-state index in [1.165, 1.54) is 0 Å². The van der Waals surface area contributed by atoms with E-state index >= 15 is 0 Å². The van der Waals surface area contributed by atoms with Crippen molar-refractivity contribution < 1.29 is 9.59 Å². The fourth-order valence-corrected chi connectivity index (χ4v) is 2.53. The summed E-state index contributed by atoms with van der Waals surface area (Å²) in [6.45, 7) is 2.70. The van der Waals surface area contributed by atoms with Gasteiger partial charge in [-0.2, -0.15) is 0 Å². The molecule has 90 valence electrons. The Hall–Kier alpha value is -1.10. The minimum Gasteiger partial charge on any atom is -0.309 e. The van der Waals surface area contributed by atoms with Crippen LogP contribution in [0.5, 0.6) is 0 Å². The topological polar surface area (TPSA) is 52.7 Å². The zero-order chi connectivity index (χ0) is 11.7. The van der Waals surface area contributed by atoms with Gasteiger partial charge in [-0.25, -0.2) is 5.01 Å². The minimum atomic E-state index is -0.213. The highest BCUT2D eigenvalue weighted by Gasteiger charge is 2.39. The number of carbonyl (C=O) groups excluding carboxylic acids is 2. The number of hydrogen-bond donors (Lipinski definition) is 1. The van der Waals surface area contributed by atoms with E-state index in [0.717, 1.165) is 12.8 Å². The van der Waals surface area contributed by atoms with E-state index in [0.29, 0.717) is 19.4 Å². The molecule has 0 aromatic rings. The van der Waals surface area contributed by atoms with E-state index < -0.39 is 0 Å². The summed E-state index contributed by atoms with van der Waals surface area (Å²) in [4.78, 5) is 24.1. The van der Waals surface area contributed by atoms with Crippen molar-refractivity contribution >= 4 is 11.8 Å². The molecule has 0 spiro atoms. The van der Waals surface area contributed by atoms with Crippen LogP contribution in [0.1, 0.15) is 32.6 Å². The van der Waals surface area contributed by atoms with E-state index in [1.54, 1.807) is 17.1 Å². The van der Waals surface area contributed by atoms with Gasteiger partial charge in [0.05, 0.1) is 12.1 Å². The smallest absolute Gasteiger partial charge is 0.258 e. The highest BCUT2D eigenvalue weighted by molar-refractivity contribution is 5.88. The predicted octanol–water partition coefficient (Wildman–Crippen LogP) is 0.123. The number of nitrogens with one attached hydrogen (secondary N) is 1. The van der Waals surface area contributed by atoms with E-state index in [1.807, 2.05) is 6.92 Å². The molecule has 0 aromatic carbocycles. The van der Waals surface area contributed by atoms with Crippen molar-refractivity contribution in [2.45, 2.75) is 44.7 Å². The van der Waals surface area contributed by atoms with Crippen LogP contribution in [0.4, 0.5) is 0 Å². The van der Waals surface area contributed by atoms with Gasteiger partial charge in [-0.05, 0) is 33.2 Å². The lowest BCUT2D eigenvalue weighted by Crippen LogP contribution is -2.58. The Morgan fingerprint density at radius 3 is 2.75 bits per heavy atom. The Kier molecular flexibility index (Phi) is 3.14. The van der Waals surface area contributed by atoms with Crippen molar-refractivity contribution in [1.29, 1.82) is 0 Å². The average molecular weight is 225 g/mol. The largest absolute Gasteiger partial charge is 0.309 e. The lowest BCUT2D eigenvalue weighted by molar-refractivity contribution is -0.171. The summed E-state index contributed by atoms with van der Waals surface area (Å²) in [5.41, 5.74) is 0. The molecule has 5 nitrogen and oxygen atoms in total. The number of hydrogen-bond acceptors (Lipinski definition) is 3. The van der Waals surface area contributed by atoms with Crippen LogP contribution in [0.25, 0.3) is 0 Å². The van der Waals surface area contributed by atoms with E-state index in [9.17, 15) is 9.59 Å². The summed E-state index contributed by atoms with van der Waals surface area (Å²) >= 11 is 0. The number of rotatable bonds is 1. The quantitative estimate of drug-likeness (QED) is 0.690. The Labute approximate surface area is 95.7 Å². The molecule has 5 heteroatoms. The molecular formula is C11H19N3O2. The Balaban J connectivity index is 2.27. The van der Waals surface area contributed by atoms with Crippen molar-refractivity contribution in [2.24, 2.45) is 0 Å². The summed E-state index contributed by atoms with van der Waals surface area (Å²) < 4.78 is 0. The number of nitrogens with zero attached hydrogens (tertiary/aromatic N) is 2. The predicted molar refractivity (Wildman–Crippen MR) is 59.3 cm³/mol. The van der Waals surface area contributed by atoms with Crippen molar-refractivity contribution in [2.75, 3.05) is 13.6 Å². The summed E-state index contributed by atoms with van der Waals surface area (Å²) in [5.74, 6) is 0.123. The standard InChI is InChI=1S/C11H19N3O2/c1-8-4-3-7-13-10(15)6-5-9(12-2)11(16)14(8)13/h8-9,12H,3-7H2,1-2H3. The molecule has 2 unspecified atom stereocenters. The molecule has 0 aromatic heterocycles. The SMILES string of the molecule is CNC1CCC(=O)N2CCCC(C)N2C1=O. The molecular weight excluding hydrogens is 206 g/mol. The van der Waals surface area contributed by atoms with Crippen LogP contribution in [-0.4, -0.2) is 47.5 Å². The van der Waals surface area contributed by atoms with Gasteiger partial charge in [0.2, 0.25) is 5.91 Å². The molecule has 0 saturated carbocycles. The maximum Gasteiger partial charge on any atom is 0.258 e. The summed E-state index contributed by atoms with van der Waals surface area (Å²) in [5, 5.41) is 6.31. The monoisotopic (exact) mass is 225 g/mol. The lowest BCUT2D eigenvalue weighted by Gasteiger charge is -2.42. The minimum absolute atomic E-state index is 0.0422. The zero-order valence-electron chi connectivity index (χ0n) is 9.90. The van der Waals surface area contributed by atoms with Crippen molar-refractivity contribution in [3.63, 3.8) is 0 Å². The number of hydrazine groups is 1. The van der Waals surface area contributed by atoms with Gasteiger partial charge in [-0.3, -0.25) is 14.6 Å². The first-order chi connectivity index (χ1) is 7.65. The fourth-order valence-electron chi connectivity index (χ4n) is 2.53. The lowest BCUT2D eigenvalue weighted by atomic mass is 10.1. The van der Waals surface area contributed by atoms with Gasteiger partial charge in [0.25, 0.3) is 5.91 Å². The maximum atomic E-state index is 12.2. The van der Waals surface area contributed by atoms with Crippen LogP contribution in [0.2, 0.25) is 0 Å². The molecule has 2 aliphatic heterocycles. The molecule has 16 heavy (non-hydrogen) atoms. The second kappa shape index (κ2) is 4.41. The molecule has 2 rings (SSSR count). The molecule has 2 aliphatic rings. The average Bonchev–Trinajstić information content (AvgIpc) is 2.39. The normalized spacial score (nSPS) is 31.4. The van der Waals surface area contributed by atoms with Gasteiger partial charge in [-0.1, -0.05) is 0 Å². The molecule has 0 bridgehead atoms. The van der Waals surface area contributed by atoms with Crippen LogP contribution in [0, 0.1) is 0 Å². The third kappa shape index (κ3) is 1.80. The molecule has 2 atom stereocenters. The van der Waals surface area contributed by atoms with Crippen LogP contribution < -0.4 is 5.32 Å². The van der Waals surface area contributed by atoms with Gasteiger partial charge < -0.3 is 5.32 Å². The van der Waals surface area contributed by atoms with E-state index in [2.05, 4.69) is 5.32 Å². The first-order valence-electron chi connectivity index (χ1n) is 5.95. The van der Waals surface area contributed by atoms with Gasteiger partial charge in [0, 0.05) is 13.0 Å². The third-order valence-corrected chi connectivity index (χ3v) is 3.48. The van der Waals surface area contributed by atoms with Crippen LogP contribution in [0.15, 0.2) is 0 Å². The van der Waals surface area contributed by atoms with Crippen LogP contribution in [-0.2, 0) is 9.59 Å². The summed E-state index contributed by atoms with van der Waals surface area (Å²) in [6, 6.07) is -0.0753. The number of fused-ring (bicyclic) bond motifs is 1. The fraction of sp³-hybridized carbons (Fsp3) is 0.818. The van der Waals surface area contributed by atoms with Crippen LogP contribution in [0.3, 0.4) is 0 Å². The maximum absolute atomic E-state index is 12.2. The van der Waals surface area contributed by atoms with Gasteiger partial charge >= 0.3 is 0 Å². The Bertz CT molecular complexity index is 306. The van der Waals surface area contributed by atoms with E-state index in [4.69, 9.17) is 0 Å².